The summed E-state index contributed by atoms with van der Waals surface area (Å²) in [5.74, 6) is 1.64. The first-order valence-corrected chi connectivity index (χ1v) is 9.56. The van der Waals surface area contributed by atoms with Gasteiger partial charge in [0.15, 0.2) is 11.5 Å². The second-order valence-electron chi connectivity index (χ2n) is 7.27. The summed E-state index contributed by atoms with van der Waals surface area (Å²) in [6.45, 7) is 2.01. The number of para-hydroxylation sites is 1. The summed E-state index contributed by atoms with van der Waals surface area (Å²) >= 11 is 0. The van der Waals surface area contributed by atoms with Gasteiger partial charge in [0.2, 0.25) is 6.23 Å². The molecule has 0 unspecified atom stereocenters. The molecule has 29 heavy (non-hydrogen) atoms. The Hall–Kier alpha value is -3.54. The van der Waals surface area contributed by atoms with Gasteiger partial charge in [-0.15, -0.1) is 0 Å². The second-order valence-corrected chi connectivity index (χ2v) is 7.27. The Morgan fingerprint density at radius 3 is 2.83 bits per heavy atom. The van der Waals surface area contributed by atoms with Gasteiger partial charge in [-0.05, 0) is 37.3 Å². The van der Waals surface area contributed by atoms with Crippen molar-refractivity contribution < 1.29 is 14.6 Å². The van der Waals surface area contributed by atoms with Crippen molar-refractivity contribution in [3.8, 4) is 17.2 Å². The van der Waals surface area contributed by atoms with Gasteiger partial charge < -0.3 is 14.6 Å². The third-order valence-corrected chi connectivity index (χ3v) is 5.40. The van der Waals surface area contributed by atoms with Crippen LogP contribution >= 0.6 is 0 Å². The van der Waals surface area contributed by atoms with Gasteiger partial charge in [-0.25, -0.2) is 5.01 Å². The van der Waals surface area contributed by atoms with Crippen molar-refractivity contribution in [1.29, 1.82) is 0 Å². The summed E-state index contributed by atoms with van der Waals surface area (Å²) in [6.07, 6.45) is 1.93. The number of nitrogens with zero attached hydrogens (tertiary/aromatic N) is 3. The SMILES string of the molecule is COc1cccc2c1O[C@@H](c1ccccn1)N1N=C(c3cc(C)ccc3O)C[C@@H]21. The Morgan fingerprint density at radius 2 is 2.03 bits per heavy atom. The van der Waals surface area contributed by atoms with Crippen molar-refractivity contribution in [3.05, 3.63) is 83.2 Å². The average Bonchev–Trinajstić information content (AvgIpc) is 3.20. The molecule has 0 saturated heterocycles. The first kappa shape index (κ1) is 17.6. The smallest absolute Gasteiger partial charge is 0.230 e. The van der Waals surface area contributed by atoms with Gasteiger partial charge in [0.25, 0.3) is 0 Å². The van der Waals surface area contributed by atoms with Crippen LogP contribution in [0.25, 0.3) is 0 Å². The van der Waals surface area contributed by atoms with E-state index in [9.17, 15) is 5.11 Å². The summed E-state index contributed by atoms with van der Waals surface area (Å²) in [5, 5.41) is 17.3. The highest BCUT2D eigenvalue weighted by Gasteiger charge is 2.43. The molecule has 0 radical (unpaired) electrons. The van der Waals surface area contributed by atoms with E-state index in [0.717, 1.165) is 33.8 Å². The molecule has 3 heterocycles. The molecule has 5 rings (SSSR count). The maximum Gasteiger partial charge on any atom is 0.230 e. The van der Waals surface area contributed by atoms with Gasteiger partial charge in [0.05, 0.1) is 18.9 Å². The Morgan fingerprint density at radius 1 is 1.14 bits per heavy atom. The monoisotopic (exact) mass is 387 g/mol. The number of pyridine rings is 1. The van der Waals surface area contributed by atoms with Crippen LogP contribution in [0.3, 0.4) is 0 Å². The molecular weight excluding hydrogens is 366 g/mol. The highest BCUT2D eigenvalue weighted by molar-refractivity contribution is 6.04. The van der Waals surface area contributed by atoms with Crippen LogP contribution in [0.2, 0.25) is 0 Å². The fourth-order valence-corrected chi connectivity index (χ4v) is 4.01. The van der Waals surface area contributed by atoms with Crippen LogP contribution in [-0.4, -0.2) is 27.9 Å². The van der Waals surface area contributed by atoms with Crippen molar-refractivity contribution >= 4 is 5.71 Å². The van der Waals surface area contributed by atoms with E-state index in [2.05, 4.69) is 4.98 Å². The lowest BCUT2D eigenvalue weighted by Gasteiger charge is -2.38. The average molecular weight is 387 g/mol. The lowest BCUT2D eigenvalue weighted by atomic mass is 9.95. The summed E-state index contributed by atoms with van der Waals surface area (Å²) in [7, 11) is 1.64. The number of methoxy groups -OCH3 is 1. The van der Waals surface area contributed by atoms with Crippen molar-refractivity contribution in [2.45, 2.75) is 25.6 Å². The molecule has 3 aromatic rings. The zero-order chi connectivity index (χ0) is 20.0. The number of hydrogen-bond donors (Lipinski definition) is 1. The maximum absolute atomic E-state index is 10.4. The number of aromatic nitrogens is 1. The van der Waals surface area contributed by atoms with Crippen molar-refractivity contribution in [1.82, 2.24) is 9.99 Å². The number of phenolic OH excluding ortho intramolecular Hbond substituents is 1. The summed E-state index contributed by atoms with van der Waals surface area (Å²) in [6, 6.07) is 17.2. The summed E-state index contributed by atoms with van der Waals surface area (Å²) in [4.78, 5) is 4.49. The molecule has 2 aliphatic heterocycles. The number of phenols is 1. The normalized spacial score (nSPS) is 19.8. The van der Waals surface area contributed by atoms with Crippen molar-refractivity contribution in [2.24, 2.45) is 5.10 Å². The number of rotatable bonds is 3. The molecule has 0 amide bonds. The van der Waals surface area contributed by atoms with Crippen LogP contribution in [0.4, 0.5) is 0 Å². The molecule has 6 heteroatoms. The lowest BCUT2D eigenvalue weighted by Crippen LogP contribution is -2.34. The van der Waals surface area contributed by atoms with Gasteiger partial charge in [-0.3, -0.25) is 4.98 Å². The van der Waals surface area contributed by atoms with Crippen molar-refractivity contribution in [3.63, 3.8) is 0 Å². The molecule has 2 aromatic carbocycles. The fraction of sp³-hybridized carbons (Fsp3) is 0.217. The number of aryl methyl sites for hydroxylation is 1. The van der Waals surface area contributed by atoms with Crippen LogP contribution in [0.15, 0.2) is 65.9 Å². The zero-order valence-corrected chi connectivity index (χ0v) is 16.2. The molecule has 1 N–H and O–H groups in total. The first-order chi connectivity index (χ1) is 14.2. The Labute approximate surface area is 169 Å². The van der Waals surface area contributed by atoms with E-state index >= 15 is 0 Å². The number of fused-ring (bicyclic) bond motifs is 3. The van der Waals surface area contributed by atoms with E-state index in [0.29, 0.717) is 12.2 Å². The molecule has 0 bridgehead atoms. The van der Waals surface area contributed by atoms with E-state index in [1.54, 1.807) is 19.4 Å². The van der Waals surface area contributed by atoms with Crippen LogP contribution in [0.1, 0.15) is 41.1 Å². The van der Waals surface area contributed by atoms with Crippen LogP contribution in [-0.2, 0) is 0 Å². The van der Waals surface area contributed by atoms with E-state index < -0.39 is 6.23 Å². The Bertz CT molecular complexity index is 1100. The summed E-state index contributed by atoms with van der Waals surface area (Å²) < 4.78 is 11.9. The standard InChI is InChI=1S/C23H21N3O3/c1-14-9-10-20(27)16(12-14)18-13-19-15-6-5-8-21(28-2)22(15)29-23(26(19)25-18)17-7-3-4-11-24-17/h3-12,19,23,27H,13H2,1-2H3/t19-,23-/m0/s1. The zero-order valence-electron chi connectivity index (χ0n) is 16.2. The first-order valence-electron chi connectivity index (χ1n) is 9.56. The largest absolute Gasteiger partial charge is 0.507 e. The highest BCUT2D eigenvalue weighted by atomic mass is 16.5. The predicted molar refractivity (Wildman–Crippen MR) is 109 cm³/mol. The van der Waals surface area contributed by atoms with E-state index in [1.165, 1.54) is 0 Å². The minimum Gasteiger partial charge on any atom is -0.507 e. The molecule has 1 aromatic heterocycles. The molecule has 0 saturated carbocycles. The predicted octanol–water partition coefficient (Wildman–Crippen LogP) is 4.35. The Balaban J connectivity index is 1.64. The van der Waals surface area contributed by atoms with Crippen LogP contribution < -0.4 is 9.47 Å². The topological polar surface area (TPSA) is 67.2 Å². The van der Waals surface area contributed by atoms with E-state index in [-0.39, 0.29) is 11.8 Å². The highest BCUT2D eigenvalue weighted by Crippen LogP contribution is 2.50. The third kappa shape index (κ3) is 2.88. The minimum atomic E-state index is -0.477. The van der Waals surface area contributed by atoms with Crippen molar-refractivity contribution in [2.75, 3.05) is 7.11 Å². The van der Waals surface area contributed by atoms with Crippen LogP contribution in [0, 0.1) is 6.92 Å². The van der Waals surface area contributed by atoms with Crippen LogP contribution in [0.5, 0.6) is 17.2 Å². The number of ether oxygens (including phenoxy) is 2. The molecule has 0 aliphatic carbocycles. The molecule has 0 fully saturated rings. The number of hydrogen-bond acceptors (Lipinski definition) is 6. The minimum absolute atomic E-state index is 0.0317. The second kappa shape index (κ2) is 6.81. The number of hydrazone groups is 1. The van der Waals surface area contributed by atoms with Gasteiger partial charge in [0.1, 0.15) is 11.4 Å². The maximum atomic E-state index is 10.4. The third-order valence-electron chi connectivity index (χ3n) is 5.40. The fourth-order valence-electron chi connectivity index (χ4n) is 4.01. The van der Waals surface area contributed by atoms with Gasteiger partial charge >= 0.3 is 0 Å². The molecule has 6 nitrogen and oxygen atoms in total. The van der Waals surface area contributed by atoms with Gasteiger partial charge in [-0.1, -0.05) is 29.8 Å². The molecule has 2 atom stereocenters. The van der Waals surface area contributed by atoms with E-state index in [4.69, 9.17) is 14.6 Å². The summed E-state index contributed by atoms with van der Waals surface area (Å²) in [5.41, 5.74) is 4.44. The molecular formula is C23H21N3O3. The molecule has 0 spiro atoms. The number of benzene rings is 2. The van der Waals surface area contributed by atoms with Gasteiger partial charge in [-0.2, -0.15) is 5.10 Å². The molecule has 146 valence electrons. The van der Waals surface area contributed by atoms with Gasteiger partial charge in [0, 0.05) is 23.7 Å². The Kier molecular flexibility index (Phi) is 4.12. The molecule has 2 aliphatic rings. The van der Waals surface area contributed by atoms with E-state index in [1.807, 2.05) is 60.5 Å². The quantitative estimate of drug-likeness (QED) is 0.724. The lowest BCUT2D eigenvalue weighted by molar-refractivity contribution is -0.0236. The number of aromatic hydroxyl groups is 1.